The van der Waals surface area contributed by atoms with Gasteiger partial charge in [-0.05, 0) is 31.6 Å². The van der Waals surface area contributed by atoms with Crippen molar-refractivity contribution < 1.29 is 19.2 Å². The van der Waals surface area contributed by atoms with Crippen LogP contribution in [0.3, 0.4) is 0 Å². The van der Waals surface area contributed by atoms with Crippen molar-refractivity contribution in [2.24, 2.45) is 11.8 Å². The summed E-state index contributed by atoms with van der Waals surface area (Å²) in [7, 11) is 0. The van der Waals surface area contributed by atoms with E-state index in [1.807, 2.05) is 6.92 Å². The molecule has 0 bridgehead atoms. The van der Waals surface area contributed by atoms with Gasteiger partial charge in [-0.15, -0.1) is 0 Å². The fourth-order valence-corrected chi connectivity index (χ4v) is 2.90. The largest absolute Gasteiger partial charge is 0.349 e. The Morgan fingerprint density at radius 1 is 1.27 bits per heavy atom. The molecular weight excluding hydrogens is 304 g/mol. The number of carbonyl (C=O) groups excluding carboxylic acids is 4. The predicted octanol–water partition coefficient (Wildman–Crippen LogP) is 0.801. The molecule has 0 radical (unpaired) electrons. The summed E-state index contributed by atoms with van der Waals surface area (Å²) in [6.45, 7) is 2.27. The van der Waals surface area contributed by atoms with E-state index in [-0.39, 0.29) is 41.9 Å². The second-order valence-corrected chi connectivity index (χ2v) is 6.72. The second-order valence-electron chi connectivity index (χ2n) is 5.83. The van der Waals surface area contributed by atoms with Gasteiger partial charge in [0.1, 0.15) is 6.29 Å². The van der Waals surface area contributed by atoms with Gasteiger partial charge in [0, 0.05) is 24.1 Å². The number of hydrogen-bond acceptors (Lipinski definition) is 5. The fraction of sp³-hybridized carbons (Fsp3) is 0.733. The van der Waals surface area contributed by atoms with Crippen molar-refractivity contribution in [3.05, 3.63) is 0 Å². The molecule has 0 aromatic carbocycles. The first-order chi connectivity index (χ1) is 10.5. The third-order valence-corrected chi connectivity index (χ3v) is 4.13. The Balaban J connectivity index is 2.40. The van der Waals surface area contributed by atoms with E-state index in [1.54, 1.807) is 0 Å². The minimum absolute atomic E-state index is 0.0497. The van der Waals surface area contributed by atoms with Gasteiger partial charge in [0.15, 0.2) is 0 Å². The molecule has 1 N–H and O–H groups in total. The normalized spacial score (nSPS) is 22.5. The molecule has 1 unspecified atom stereocenters. The average molecular weight is 328 g/mol. The standard InChI is InChI=1S/C15H24N2O4S/c1-11(22)8-14(20)17(10-19)9-12-2-4-13(5-3-12)15(21)16-6-7-18/h7,10-13,22H,2-6,8-9H2,1H3,(H,16,21). The molecule has 1 aliphatic carbocycles. The Labute approximate surface area is 136 Å². The highest BCUT2D eigenvalue weighted by atomic mass is 32.1. The summed E-state index contributed by atoms with van der Waals surface area (Å²) < 4.78 is 0. The lowest BCUT2D eigenvalue weighted by molar-refractivity contribution is -0.139. The van der Waals surface area contributed by atoms with Crippen LogP contribution in [0.4, 0.5) is 0 Å². The number of nitrogens with zero attached hydrogens (tertiary/aromatic N) is 1. The van der Waals surface area contributed by atoms with Gasteiger partial charge in [0.05, 0.1) is 6.54 Å². The zero-order valence-corrected chi connectivity index (χ0v) is 13.8. The lowest BCUT2D eigenvalue weighted by Gasteiger charge is -2.30. The monoisotopic (exact) mass is 328 g/mol. The SMILES string of the molecule is CC(S)CC(=O)N(C=O)CC1CCC(C(=O)NCC=O)CC1. The topological polar surface area (TPSA) is 83.6 Å². The van der Waals surface area contributed by atoms with Gasteiger partial charge in [-0.1, -0.05) is 6.92 Å². The molecule has 0 aromatic rings. The molecular formula is C15H24N2O4S. The number of thiol groups is 1. The third-order valence-electron chi connectivity index (χ3n) is 3.95. The van der Waals surface area contributed by atoms with Crippen LogP contribution < -0.4 is 5.32 Å². The van der Waals surface area contributed by atoms with E-state index in [4.69, 9.17) is 0 Å². The minimum Gasteiger partial charge on any atom is -0.349 e. The molecule has 124 valence electrons. The minimum atomic E-state index is -0.205. The van der Waals surface area contributed by atoms with Crippen LogP contribution in [0.2, 0.25) is 0 Å². The molecule has 1 atom stereocenters. The van der Waals surface area contributed by atoms with Gasteiger partial charge < -0.3 is 10.1 Å². The molecule has 0 spiro atoms. The van der Waals surface area contributed by atoms with E-state index in [9.17, 15) is 19.2 Å². The Bertz CT molecular complexity index is 406. The summed E-state index contributed by atoms with van der Waals surface area (Å²) in [5.41, 5.74) is 0. The molecule has 1 rings (SSSR count). The maximum absolute atomic E-state index is 11.9. The highest BCUT2D eigenvalue weighted by molar-refractivity contribution is 7.80. The number of imide groups is 1. The van der Waals surface area contributed by atoms with E-state index >= 15 is 0 Å². The molecule has 7 heteroatoms. The Morgan fingerprint density at radius 2 is 1.91 bits per heavy atom. The predicted molar refractivity (Wildman–Crippen MR) is 85.4 cm³/mol. The van der Waals surface area contributed by atoms with E-state index in [0.717, 1.165) is 25.7 Å². The molecule has 3 amide bonds. The van der Waals surface area contributed by atoms with Crippen molar-refractivity contribution in [2.45, 2.75) is 44.3 Å². The van der Waals surface area contributed by atoms with Crippen molar-refractivity contribution >= 4 is 37.1 Å². The number of rotatable bonds is 8. The molecule has 1 aliphatic rings. The molecule has 0 aliphatic heterocycles. The maximum atomic E-state index is 11.9. The van der Waals surface area contributed by atoms with Gasteiger partial charge >= 0.3 is 0 Å². The van der Waals surface area contributed by atoms with Gasteiger partial charge in [-0.25, -0.2) is 0 Å². The molecule has 0 heterocycles. The van der Waals surface area contributed by atoms with Crippen LogP contribution in [-0.4, -0.2) is 47.7 Å². The van der Waals surface area contributed by atoms with Gasteiger partial charge in [0.2, 0.25) is 18.2 Å². The lowest BCUT2D eigenvalue weighted by Crippen LogP contribution is -2.38. The average Bonchev–Trinajstić information content (AvgIpc) is 2.50. The van der Waals surface area contributed by atoms with Crippen molar-refractivity contribution in [2.75, 3.05) is 13.1 Å². The number of amides is 3. The summed E-state index contributed by atoms with van der Waals surface area (Å²) in [5, 5.41) is 2.50. The molecule has 22 heavy (non-hydrogen) atoms. The molecule has 6 nitrogen and oxygen atoms in total. The van der Waals surface area contributed by atoms with Crippen molar-refractivity contribution in [1.29, 1.82) is 0 Å². The Kier molecular flexibility index (Phi) is 8.16. The van der Waals surface area contributed by atoms with E-state index in [0.29, 0.717) is 19.2 Å². The Morgan fingerprint density at radius 3 is 2.41 bits per heavy atom. The van der Waals surface area contributed by atoms with E-state index < -0.39 is 0 Å². The Hall–Kier alpha value is -1.37. The number of hydrogen-bond donors (Lipinski definition) is 2. The van der Waals surface area contributed by atoms with Gasteiger partial charge in [-0.3, -0.25) is 19.3 Å². The third kappa shape index (κ3) is 6.17. The zero-order valence-electron chi connectivity index (χ0n) is 12.9. The van der Waals surface area contributed by atoms with Crippen LogP contribution in [0.5, 0.6) is 0 Å². The summed E-state index contributed by atoms with van der Waals surface area (Å²) >= 11 is 4.17. The van der Waals surface area contributed by atoms with Crippen LogP contribution in [0.15, 0.2) is 0 Å². The number of nitrogens with one attached hydrogen (secondary N) is 1. The van der Waals surface area contributed by atoms with Crippen molar-refractivity contribution in [3.63, 3.8) is 0 Å². The van der Waals surface area contributed by atoms with Crippen LogP contribution in [0, 0.1) is 11.8 Å². The van der Waals surface area contributed by atoms with Crippen molar-refractivity contribution in [3.8, 4) is 0 Å². The fourth-order valence-electron chi connectivity index (χ4n) is 2.75. The maximum Gasteiger partial charge on any atom is 0.230 e. The van der Waals surface area contributed by atoms with E-state index in [2.05, 4.69) is 17.9 Å². The van der Waals surface area contributed by atoms with Gasteiger partial charge in [0.25, 0.3) is 0 Å². The lowest BCUT2D eigenvalue weighted by atomic mass is 9.81. The zero-order chi connectivity index (χ0) is 16.5. The van der Waals surface area contributed by atoms with Crippen molar-refractivity contribution in [1.82, 2.24) is 10.2 Å². The first kappa shape index (κ1) is 18.7. The second kappa shape index (κ2) is 9.61. The summed E-state index contributed by atoms with van der Waals surface area (Å²) in [4.78, 5) is 46.2. The molecule has 0 aromatic heterocycles. The van der Waals surface area contributed by atoms with E-state index in [1.165, 1.54) is 4.90 Å². The smallest absolute Gasteiger partial charge is 0.230 e. The first-order valence-electron chi connectivity index (χ1n) is 7.62. The van der Waals surface area contributed by atoms with Gasteiger partial charge in [-0.2, -0.15) is 12.6 Å². The highest BCUT2D eigenvalue weighted by Gasteiger charge is 2.28. The number of carbonyl (C=O) groups is 4. The summed E-state index contributed by atoms with van der Waals surface area (Å²) in [6.07, 6.45) is 4.53. The van der Waals surface area contributed by atoms with Crippen LogP contribution >= 0.6 is 12.6 Å². The molecule has 1 saturated carbocycles. The summed E-state index contributed by atoms with van der Waals surface area (Å²) in [5.74, 6) is -0.130. The van der Waals surface area contributed by atoms with Crippen LogP contribution in [0.1, 0.15) is 39.0 Å². The first-order valence-corrected chi connectivity index (χ1v) is 8.13. The molecule has 0 saturated heterocycles. The van der Waals surface area contributed by atoms with Crippen LogP contribution in [-0.2, 0) is 19.2 Å². The summed E-state index contributed by atoms with van der Waals surface area (Å²) in [6, 6.07) is 0. The highest BCUT2D eigenvalue weighted by Crippen LogP contribution is 2.29. The molecule has 1 fully saturated rings. The van der Waals surface area contributed by atoms with Crippen LogP contribution in [0.25, 0.3) is 0 Å². The number of aldehydes is 1. The quantitative estimate of drug-likeness (QED) is 0.510.